The predicted octanol–water partition coefficient (Wildman–Crippen LogP) is 6.58. The average molecular weight is 458 g/mol. The lowest BCUT2D eigenvalue weighted by atomic mass is 9.97. The van der Waals surface area contributed by atoms with Crippen molar-refractivity contribution in [2.24, 2.45) is 0 Å². The third-order valence-electron chi connectivity index (χ3n) is 6.13. The van der Waals surface area contributed by atoms with E-state index in [-0.39, 0.29) is 5.91 Å². The molecule has 5 heteroatoms. The highest BCUT2D eigenvalue weighted by molar-refractivity contribution is 5.95. The summed E-state index contributed by atoms with van der Waals surface area (Å²) in [6.07, 6.45) is 11.3. The van der Waals surface area contributed by atoms with Crippen molar-refractivity contribution in [2.45, 2.75) is 46.0 Å². The topological polar surface area (TPSA) is 58.2 Å². The number of nitrogens with one attached hydrogen (secondary N) is 1. The van der Waals surface area contributed by atoms with E-state index >= 15 is 0 Å². The lowest BCUT2D eigenvalue weighted by Crippen LogP contribution is -2.31. The Bertz CT molecular complexity index is 1100. The van der Waals surface area contributed by atoms with Crippen LogP contribution in [0.4, 0.5) is 5.69 Å². The quantitative estimate of drug-likeness (QED) is 0.322. The molecule has 0 atom stereocenters. The SMILES string of the molecule is C=CC=C.Cc1cccc(OCCCC(=O)N2CCCCc3c(-c4cn[nH]c4)cccc32)c1C. The van der Waals surface area contributed by atoms with Crippen molar-refractivity contribution in [2.75, 3.05) is 18.1 Å². The maximum absolute atomic E-state index is 13.1. The van der Waals surface area contributed by atoms with Crippen LogP contribution < -0.4 is 9.64 Å². The Morgan fingerprint density at radius 1 is 1.15 bits per heavy atom. The molecule has 0 unspecified atom stereocenters. The number of benzene rings is 2. The maximum atomic E-state index is 13.1. The molecule has 178 valence electrons. The molecule has 1 aliphatic rings. The van der Waals surface area contributed by atoms with Gasteiger partial charge in [0.2, 0.25) is 5.91 Å². The summed E-state index contributed by atoms with van der Waals surface area (Å²) in [5.41, 5.74) is 6.92. The number of hydrogen-bond donors (Lipinski definition) is 1. The van der Waals surface area contributed by atoms with Gasteiger partial charge in [-0.25, -0.2) is 0 Å². The zero-order chi connectivity index (χ0) is 24.3. The van der Waals surface area contributed by atoms with Gasteiger partial charge in [0.25, 0.3) is 0 Å². The van der Waals surface area contributed by atoms with Crippen LogP contribution in [-0.4, -0.2) is 29.3 Å². The third kappa shape index (κ3) is 6.25. The second kappa shape index (κ2) is 12.6. The van der Waals surface area contributed by atoms with E-state index in [1.807, 2.05) is 35.5 Å². The zero-order valence-corrected chi connectivity index (χ0v) is 20.3. The number of carbonyl (C=O) groups excluding carboxylic acids is 1. The van der Waals surface area contributed by atoms with Crippen molar-refractivity contribution in [1.29, 1.82) is 0 Å². The van der Waals surface area contributed by atoms with Gasteiger partial charge >= 0.3 is 0 Å². The number of aromatic nitrogens is 2. The molecule has 2 heterocycles. The number of anilines is 1. The molecular formula is C29H35N3O2. The monoisotopic (exact) mass is 457 g/mol. The fraction of sp³-hybridized carbons (Fsp3) is 0.310. The number of fused-ring (bicyclic) bond motifs is 1. The van der Waals surface area contributed by atoms with Gasteiger partial charge in [-0.3, -0.25) is 9.89 Å². The number of aromatic amines is 1. The van der Waals surface area contributed by atoms with Crippen LogP contribution in [0.15, 0.2) is 74.1 Å². The maximum Gasteiger partial charge on any atom is 0.227 e. The van der Waals surface area contributed by atoms with Crippen LogP contribution in [0.3, 0.4) is 0 Å². The first-order valence-electron chi connectivity index (χ1n) is 11.9. The third-order valence-corrected chi connectivity index (χ3v) is 6.13. The van der Waals surface area contributed by atoms with E-state index in [0.29, 0.717) is 19.4 Å². The minimum Gasteiger partial charge on any atom is -0.493 e. The van der Waals surface area contributed by atoms with Crippen molar-refractivity contribution in [3.63, 3.8) is 0 Å². The fourth-order valence-electron chi connectivity index (χ4n) is 4.13. The van der Waals surface area contributed by atoms with Gasteiger partial charge in [0.05, 0.1) is 12.8 Å². The molecule has 34 heavy (non-hydrogen) atoms. The van der Waals surface area contributed by atoms with Crippen molar-refractivity contribution < 1.29 is 9.53 Å². The molecule has 1 amide bonds. The summed E-state index contributed by atoms with van der Waals surface area (Å²) in [5.74, 6) is 1.08. The highest BCUT2D eigenvalue weighted by Crippen LogP contribution is 2.35. The molecule has 0 fully saturated rings. The minimum absolute atomic E-state index is 0.173. The van der Waals surface area contributed by atoms with Crippen LogP contribution in [0.5, 0.6) is 5.75 Å². The first-order chi connectivity index (χ1) is 16.6. The Morgan fingerprint density at radius 2 is 1.94 bits per heavy atom. The number of hydrogen-bond acceptors (Lipinski definition) is 3. The summed E-state index contributed by atoms with van der Waals surface area (Å²) in [4.78, 5) is 15.1. The molecule has 3 aromatic rings. The average Bonchev–Trinajstić information content (AvgIpc) is 3.30. The smallest absolute Gasteiger partial charge is 0.227 e. The van der Waals surface area contributed by atoms with E-state index < -0.39 is 0 Å². The standard InChI is InChI=1S/C25H29N3O2.C4H6/c1-18-8-5-12-24(19(18)2)30-15-7-13-25(29)28-14-4-3-9-22-21(10-6-11-23(22)28)20-16-26-27-17-20;1-3-4-2/h5-6,8,10-12,16-17H,3-4,7,9,13-15H2,1-2H3,(H,26,27);3-4H,1-2H2. The Hall–Kier alpha value is -3.60. The van der Waals surface area contributed by atoms with E-state index in [0.717, 1.165) is 48.4 Å². The molecule has 1 aromatic heterocycles. The molecule has 1 aliphatic heterocycles. The summed E-state index contributed by atoms with van der Waals surface area (Å²) in [6, 6.07) is 12.3. The van der Waals surface area contributed by atoms with Crippen LogP contribution in [-0.2, 0) is 11.2 Å². The molecule has 0 radical (unpaired) electrons. The Morgan fingerprint density at radius 3 is 2.68 bits per heavy atom. The van der Waals surface area contributed by atoms with E-state index in [4.69, 9.17) is 4.74 Å². The van der Waals surface area contributed by atoms with Gasteiger partial charge in [0, 0.05) is 30.4 Å². The predicted molar refractivity (Wildman–Crippen MR) is 140 cm³/mol. The molecule has 5 nitrogen and oxygen atoms in total. The molecule has 2 aromatic carbocycles. The van der Waals surface area contributed by atoms with Gasteiger partial charge in [0.15, 0.2) is 0 Å². The summed E-state index contributed by atoms with van der Waals surface area (Å²) >= 11 is 0. The molecule has 0 spiro atoms. The van der Waals surface area contributed by atoms with Crippen LogP contribution >= 0.6 is 0 Å². The Labute approximate surface area is 203 Å². The summed E-state index contributed by atoms with van der Waals surface area (Å²) in [7, 11) is 0. The number of carbonyl (C=O) groups is 1. The van der Waals surface area contributed by atoms with Gasteiger partial charge in [-0.05, 0) is 73.9 Å². The van der Waals surface area contributed by atoms with Gasteiger partial charge in [-0.2, -0.15) is 5.10 Å². The lowest BCUT2D eigenvalue weighted by molar-refractivity contribution is -0.118. The fourth-order valence-corrected chi connectivity index (χ4v) is 4.13. The molecule has 0 aliphatic carbocycles. The second-order valence-electron chi connectivity index (χ2n) is 8.41. The Balaban J connectivity index is 0.000000751. The first-order valence-corrected chi connectivity index (χ1v) is 11.9. The molecule has 1 N–H and O–H groups in total. The zero-order valence-electron chi connectivity index (χ0n) is 20.3. The second-order valence-corrected chi connectivity index (χ2v) is 8.41. The van der Waals surface area contributed by atoms with Crippen molar-refractivity contribution in [3.05, 3.63) is 90.8 Å². The Kier molecular flexibility index (Phi) is 9.27. The number of amides is 1. The highest BCUT2D eigenvalue weighted by Gasteiger charge is 2.23. The lowest BCUT2D eigenvalue weighted by Gasteiger charge is -2.24. The van der Waals surface area contributed by atoms with Crippen molar-refractivity contribution in [3.8, 4) is 16.9 Å². The van der Waals surface area contributed by atoms with E-state index in [1.54, 1.807) is 12.2 Å². The number of ether oxygens (including phenoxy) is 1. The normalized spacial score (nSPS) is 12.6. The van der Waals surface area contributed by atoms with Gasteiger partial charge < -0.3 is 9.64 Å². The largest absolute Gasteiger partial charge is 0.493 e. The summed E-state index contributed by atoms with van der Waals surface area (Å²) in [5, 5.41) is 6.99. The highest BCUT2D eigenvalue weighted by atomic mass is 16.5. The molecule has 0 bridgehead atoms. The summed E-state index contributed by atoms with van der Waals surface area (Å²) in [6.45, 7) is 12.2. The van der Waals surface area contributed by atoms with Crippen LogP contribution in [0, 0.1) is 13.8 Å². The number of rotatable bonds is 7. The van der Waals surface area contributed by atoms with Crippen LogP contribution in [0.1, 0.15) is 42.4 Å². The number of nitrogens with zero attached hydrogens (tertiary/aromatic N) is 2. The van der Waals surface area contributed by atoms with Gasteiger partial charge in [0.1, 0.15) is 5.75 Å². The van der Waals surface area contributed by atoms with Crippen molar-refractivity contribution in [1.82, 2.24) is 10.2 Å². The number of allylic oxidation sites excluding steroid dienone is 2. The van der Waals surface area contributed by atoms with E-state index in [2.05, 4.69) is 55.4 Å². The van der Waals surface area contributed by atoms with E-state index in [1.165, 1.54) is 16.7 Å². The van der Waals surface area contributed by atoms with E-state index in [9.17, 15) is 4.79 Å². The number of aryl methyl sites for hydroxylation is 1. The molecule has 0 saturated heterocycles. The van der Waals surface area contributed by atoms with Crippen molar-refractivity contribution >= 4 is 11.6 Å². The molecular weight excluding hydrogens is 422 g/mol. The van der Waals surface area contributed by atoms with Gasteiger partial charge in [-0.15, -0.1) is 0 Å². The molecule has 0 saturated carbocycles. The minimum atomic E-state index is 0.173. The number of H-pyrrole nitrogens is 1. The van der Waals surface area contributed by atoms with Gasteiger partial charge in [-0.1, -0.05) is 49.6 Å². The molecule has 4 rings (SSSR count). The van der Waals surface area contributed by atoms with Crippen LogP contribution in [0.2, 0.25) is 0 Å². The first kappa shape index (κ1) is 25.0. The summed E-state index contributed by atoms with van der Waals surface area (Å²) < 4.78 is 5.94. The van der Waals surface area contributed by atoms with Crippen LogP contribution in [0.25, 0.3) is 11.1 Å².